The fraction of sp³-hybridized carbons (Fsp3) is 0.357. The van der Waals surface area contributed by atoms with Gasteiger partial charge >= 0.3 is 0 Å². The van der Waals surface area contributed by atoms with Crippen LogP contribution in [0.4, 0.5) is 0 Å². The van der Waals surface area contributed by atoms with E-state index in [1.54, 1.807) is 18.4 Å². The van der Waals surface area contributed by atoms with Gasteiger partial charge < -0.3 is 4.74 Å². The van der Waals surface area contributed by atoms with Gasteiger partial charge in [-0.25, -0.2) is 18.1 Å². The Morgan fingerprint density at radius 1 is 1.29 bits per heavy atom. The molecule has 0 unspecified atom stereocenters. The molecule has 2 rings (SSSR count). The molecule has 0 fully saturated rings. The van der Waals surface area contributed by atoms with E-state index in [1.807, 2.05) is 31.2 Å². The van der Waals surface area contributed by atoms with Crippen molar-refractivity contribution >= 4 is 21.4 Å². The Hall–Kier alpha value is -1.44. The van der Waals surface area contributed by atoms with Crippen molar-refractivity contribution in [2.45, 2.75) is 13.3 Å². The zero-order valence-corrected chi connectivity index (χ0v) is 13.8. The molecule has 0 aliphatic carbocycles. The van der Waals surface area contributed by atoms with E-state index in [9.17, 15) is 8.42 Å². The molecule has 0 saturated heterocycles. The molecular formula is C14H18N2O3S2. The number of aryl methyl sites for hydroxylation is 1. The maximum absolute atomic E-state index is 11.1. The normalized spacial score (nSPS) is 11.6. The summed E-state index contributed by atoms with van der Waals surface area (Å²) >= 11 is 1.59. The van der Waals surface area contributed by atoms with Crippen molar-refractivity contribution in [2.75, 3.05) is 19.9 Å². The van der Waals surface area contributed by atoms with Crippen molar-refractivity contribution < 1.29 is 13.2 Å². The highest BCUT2D eigenvalue weighted by molar-refractivity contribution is 7.88. The number of nitrogens with one attached hydrogen (secondary N) is 1. The summed E-state index contributed by atoms with van der Waals surface area (Å²) in [5.74, 6) is 0.810. The van der Waals surface area contributed by atoms with E-state index >= 15 is 0 Å². The molecule has 5 nitrogen and oxygen atoms in total. The monoisotopic (exact) mass is 326 g/mol. The second-order valence-electron chi connectivity index (χ2n) is 4.67. The summed E-state index contributed by atoms with van der Waals surface area (Å²) in [6.07, 6.45) is 1.81. The summed E-state index contributed by atoms with van der Waals surface area (Å²) < 4.78 is 29.7. The number of thiazole rings is 1. The third-order valence-electron chi connectivity index (χ3n) is 2.95. The molecule has 1 aromatic carbocycles. The van der Waals surface area contributed by atoms with Crippen LogP contribution in [0.1, 0.15) is 10.6 Å². The molecule has 0 aliphatic heterocycles. The van der Waals surface area contributed by atoms with Gasteiger partial charge in [-0.1, -0.05) is 0 Å². The van der Waals surface area contributed by atoms with Crippen LogP contribution in [0.25, 0.3) is 10.6 Å². The Kier molecular flexibility index (Phi) is 4.97. The minimum atomic E-state index is -3.14. The van der Waals surface area contributed by atoms with Crippen molar-refractivity contribution in [1.82, 2.24) is 9.71 Å². The number of benzene rings is 1. The highest BCUT2D eigenvalue weighted by Crippen LogP contribution is 2.29. The molecule has 1 aromatic heterocycles. The Morgan fingerprint density at radius 2 is 1.95 bits per heavy atom. The first kappa shape index (κ1) is 15.9. The van der Waals surface area contributed by atoms with E-state index in [1.165, 1.54) is 0 Å². The maximum atomic E-state index is 11.1. The van der Waals surface area contributed by atoms with Gasteiger partial charge in [0.15, 0.2) is 0 Å². The Bertz CT molecular complexity index is 706. The third kappa shape index (κ3) is 4.52. The van der Waals surface area contributed by atoms with Gasteiger partial charge in [-0.3, -0.25) is 0 Å². The Morgan fingerprint density at radius 3 is 2.52 bits per heavy atom. The van der Waals surface area contributed by atoms with E-state index in [0.29, 0.717) is 13.0 Å². The van der Waals surface area contributed by atoms with Crippen LogP contribution in [0, 0.1) is 6.92 Å². The summed E-state index contributed by atoms with van der Waals surface area (Å²) in [7, 11) is -1.51. The second-order valence-corrected chi connectivity index (χ2v) is 7.59. The number of nitrogens with zero attached hydrogens (tertiary/aromatic N) is 1. The van der Waals surface area contributed by atoms with Gasteiger partial charge in [0.05, 0.1) is 19.1 Å². The lowest BCUT2D eigenvalue weighted by atomic mass is 10.2. The Balaban J connectivity index is 2.10. The molecule has 0 amide bonds. The first-order chi connectivity index (χ1) is 9.89. The summed E-state index contributed by atoms with van der Waals surface area (Å²) in [5.41, 5.74) is 1.98. The topological polar surface area (TPSA) is 68.3 Å². The Labute approximate surface area is 129 Å². The zero-order valence-electron chi connectivity index (χ0n) is 12.2. The highest BCUT2D eigenvalue weighted by Gasteiger charge is 2.10. The van der Waals surface area contributed by atoms with Crippen LogP contribution < -0.4 is 9.46 Å². The van der Waals surface area contributed by atoms with E-state index in [-0.39, 0.29) is 0 Å². The lowest BCUT2D eigenvalue weighted by Crippen LogP contribution is -2.24. The molecule has 0 atom stereocenters. The molecule has 0 bridgehead atoms. The summed E-state index contributed by atoms with van der Waals surface area (Å²) in [6, 6.07) is 7.74. The van der Waals surface area contributed by atoms with E-state index < -0.39 is 10.0 Å². The summed E-state index contributed by atoms with van der Waals surface area (Å²) in [5, 5.41) is 0.935. The zero-order chi connectivity index (χ0) is 15.5. The SMILES string of the molecule is COc1ccc(-c2nc(C)c(CCNS(C)(=O)=O)s2)cc1. The average Bonchev–Trinajstić information content (AvgIpc) is 2.79. The lowest BCUT2D eigenvalue weighted by molar-refractivity contribution is 0.415. The number of sulfonamides is 1. The van der Waals surface area contributed by atoms with Crippen LogP contribution in [0.5, 0.6) is 5.75 Å². The van der Waals surface area contributed by atoms with Crippen molar-refractivity contribution in [2.24, 2.45) is 0 Å². The van der Waals surface area contributed by atoms with E-state index in [0.717, 1.165) is 33.1 Å². The lowest BCUT2D eigenvalue weighted by Gasteiger charge is -2.00. The van der Waals surface area contributed by atoms with Gasteiger partial charge in [0, 0.05) is 17.0 Å². The third-order valence-corrected chi connectivity index (χ3v) is 4.94. The van der Waals surface area contributed by atoms with Crippen LogP contribution in [0.15, 0.2) is 24.3 Å². The molecule has 0 spiro atoms. The van der Waals surface area contributed by atoms with Crippen molar-refractivity contribution in [3.8, 4) is 16.3 Å². The number of methoxy groups -OCH3 is 1. The van der Waals surface area contributed by atoms with Crippen LogP contribution in [-0.2, 0) is 16.4 Å². The van der Waals surface area contributed by atoms with Gasteiger partial charge in [0.2, 0.25) is 10.0 Å². The fourth-order valence-electron chi connectivity index (χ4n) is 1.87. The van der Waals surface area contributed by atoms with Gasteiger partial charge in [-0.15, -0.1) is 11.3 Å². The van der Waals surface area contributed by atoms with Gasteiger partial charge in [-0.2, -0.15) is 0 Å². The minimum absolute atomic E-state index is 0.393. The molecule has 2 aromatic rings. The standard InChI is InChI=1S/C14H18N2O3S2/c1-10-13(8-9-15-21(3,17)18)20-14(16-10)11-4-6-12(19-2)7-5-11/h4-7,15H,8-9H2,1-3H3. The molecule has 7 heteroatoms. The van der Waals surface area contributed by atoms with Crippen LogP contribution in [0.2, 0.25) is 0 Å². The fourth-order valence-corrected chi connectivity index (χ4v) is 3.41. The summed E-state index contributed by atoms with van der Waals surface area (Å²) in [4.78, 5) is 5.65. The first-order valence-corrected chi connectivity index (χ1v) is 9.15. The van der Waals surface area contributed by atoms with E-state index in [4.69, 9.17) is 4.74 Å². The van der Waals surface area contributed by atoms with Gasteiger partial charge in [0.1, 0.15) is 10.8 Å². The van der Waals surface area contributed by atoms with Crippen molar-refractivity contribution in [3.05, 3.63) is 34.8 Å². The molecule has 114 valence electrons. The molecule has 0 saturated carbocycles. The molecular weight excluding hydrogens is 308 g/mol. The first-order valence-electron chi connectivity index (χ1n) is 6.44. The quantitative estimate of drug-likeness (QED) is 0.884. The van der Waals surface area contributed by atoms with Gasteiger partial charge in [0.25, 0.3) is 0 Å². The number of ether oxygens (including phenoxy) is 1. The predicted octanol–water partition coefficient (Wildman–Crippen LogP) is 2.22. The van der Waals surface area contributed by atoms with E-state index in [2.05, 4.69) is 9.71 Å². The van der Waals surface area contributed by atoms with Crippen LogP contribution >= 0.6 is 11.3 Å². The molecule has 0 radical (unpaired) electrons. The molecule has 21 heavy (non-hydrogen) atoms. The second kappa shape index (κ2) is 6.55. The molecule has 1 heterocycles. The number of aromatic nitrogens is 1. The predicted molar refractivity (Wildman–Crippen MR) is 85.4 cm³/mol. The van der Waals surface area contributed by atoms with Crippen LogP contribution in [0.3, 0.4) is 0 Å². The smallest absolute Gasteiger partial charge is 0.208 e. The number of hydrogen-bond acceptors (Lipinski definition) is 5. The minimum Gasteiger partial charge on any atom is -0.497 e. The van der Waals surface area contributed by atoms with Crippen molar-refractivity contribution in [1.29, 1.82) is 0 Å². The number of rotatable bonds is 6. The van der Waals surface area contributed by atoms with Crippen molar-refractivity contribution in [3.63, 3.8) is 0 Å². The number of hydrogen-bond donors (Lipinski definition) is 1. The summed E-state index contributed by atoms with van der Waals surface area (Å²) in [6.45, 7) is 2.34. The van der Waals surface area contributed by atoms with Gasteiger partial charge in [-0.05, 0) is 37.6 Å². The largest absolute Gasteiger partial charge is 0.497 e. The average molecular weight is 326 g/mol. The van der Waals surface area contributed by atoms with Crippen LogP contribution in [-0.4, -0.2) is 33.3 Å². The highest BCUT2D eigenvalue weighted by atomic mass is 32.2. The molecule has 1 N–H and O–H groups in total. The maximum Gasteiger partial charge on any atom is 0.208 e. The molecule has 0 aliphatic rings.